The highest BCUT2D eigenvalue weighted by Gasteiger charge is 2.30. The van der Waals surface area contributed by atoms with E-state index in [0.717, 1.165) is 30.2 Å². The molecule has 1 aromatic heterocycles. The monoisotopic (exact) mass is 271 g/mol. The zero-order valence-electron chi connectivity index (χ0n) is 11.6. The highest BCUT2D eigenvalue weighted by Crippen LogP contribution is 2.29. The Labute approximate surface area is 118 Å². The predicted molar refractivity (Wildman–Crippen MR) is 77.2 cm³/mol. The number of halogens is 1. The van der Waals surface area contributed by atoms with Gasteiger partial charge in [-0.05, 0) is 49.9 Å². The van der Waals surface area contributed by atoms with E-state index in [0.29, 0.717) is 6.04 Å². The quantitative estimate of drug-likeness (QED) is 0.836. The van der Waals surface area contributed by atoms with Gasteiger partial charge in [-0.25, -0.2) is 14.4 Å². The van der Waals surface area contributed by atoms with Crippen LogP contribution in [-0.2, 0) is 6.42 Å². The lowest BCUT2D eigenvalue weighted by Gasteiger charge is -2.22. The molecule has 0 atom stereocenters. The molecule has 0 aliphatic heterocycles. The highest BCUT2D eigenvalue weighted by atomic mass is 19.1. The van der Waals surface area contributed by atoms with Gasteiger partial charge in [-0.3, -0.25) is 0 Å². The van der Waals surface area contributed by atoms with Crippen molar-refractivity contribution in [3.63, 3.8) is 0 Å². The van der Waals surface area contributed by atoms with Crippen LogP contribution in [0.2, 0.25) is 0 Å². The number of aryl methyl sites for hydroxylation is 1. The van der Waals surface area contributed by atoms with Crippen LogP contribution in [0.25, 0.3) is 0 Å². The van der Waals surface area contributed by atoms with Crippen LogP contribution < -0.4 is 4.90 Å². The number of benzene rings is 1. The number of hydrogen-bond acceptors (Lipinski definition) is 3. The van der Waals surface area contributed by atoms with E-state index in [4.69, 9.17) is 0 Å². The van der Waals surface area contributed by atoms with Crippen molar-refractivity contribution < 1.29 is 4.39 Å². The SMILES string of the molecule is Cc1ccnc(N(CCc2cccc(F)c2)C2CC2)n1. The van der Waals surface area contributed by atoms with E-state index < -0.39 is 0 Å². The van der Waals surface area contributed by atoms with E-state index in [1.807, 2.05) is 19.1 Å². The molecule has 3 nitrogen and oxygen atoms in total. The van der Waals surface area contributed by atoms with Gasteiger partial charge in [0.2, 0.25) is 5.95 Å². The molecule has 0 unspecified atom stereocenters. The summed E-state index contributed by atoms with van der Waals surface area (Å²) in [5, 5.41) is 0. The molecule has 1 fully saturated rings. The van der Waals surface area contributed by atoms with Crippen LogP contribution in [0.3, 0.4) is 0 Å². The van der Waals surface area contributed by atoms with E-state index in [9.17, 15) is 4.39 Å². The Balaban J connectivity index is 1.72. The number of rotatable bonds is 5. The predicted octanol–water partition coefficient (Wildman–Crippen LogP) is 3.14. The molecule has 0 amide bonds. The molecule has 1 aliphatic rings. The lowest BCUT2D eigenvalue weighted by atomic mass is 10.1. The van der Waals surface area contributed by atoms with Crippen molar-refractivity contribution >= 4 is 5.95 Å². The molecule has 0 bridgehead atoms. The average Bonchev–Trinajstić information content (AvgIpc) is 3.24. The van der Waals surface area contributed by atoms with Gasteiger partial charge in [0.05, 0.1) is 0 Å². The summed E-state index contributed by atoms with van der Waals surface area (Å²) in [6.45, 7) is 2.81. The lowest BCUT2D eigenvalue weighted by molar-refractivity contribution is 0.624. The molecular formula is C16H18FN3. The van der Waals surface area contributed by atoms with Crippen molar-refractivity contribution in [2.45, 2.75) is 32.2 Å². The number of hydrogen-bond donors (Lipinski definition) is 0. The minimum Gasteiger partial charge on any atom is -0.338 e. The highest BCUT2D eigenvalue weighted by molar-refractivity contribution is 5.35. The van der Waals surface area contributed by atoms with Crippen molar-refractivity contribution in [2.75, 3.05) is 11.4 Å². The van der Waals surface area contributed by atoms with Crippen molar-refractivity contribution in [3.8, 4) is 0 Å². The van der Waals surface area contributed by atoms with Crippen molar-refractivity contribution in [3.05, 3.63) is 53.6 Å². The van der Waals surface area contributed by atoms with Gasteiger partial charge in [-0.1, -0.05) is 12.1 Å². The maximum absolute atomic E-state index is 13.2. The molecule has 20 heavy (non-hydrogen) atoms. The first-order chi connectivity index (χ1) is 9.72. The van der Waals surface area contributed by atoms with E-state index in [1.165, 1.54) is 18.9 Å². The van der Waals surface area contributed by atoms with Crippen LogP contribution in [0.15, 0.2) is 36.5 Å². The summed E-state index contributed by atoms with van der Waals surface area (Å²) in [6.07, 6.45) is 5.00. The first-order valence-electron chi connectivity index (χ1n) is 7.03. The Morgan fingerprint density at radius 2 is 2.15 bits per heavy atom. The van der Waals surface area contributed by atoms with E-state index in [-0.39, 0.29) is 5.82 Å². The molecule has 3 rings (SSSR count). The lowest BCUT2D eigenvalue weighted by Crippen LogP contribution is -2.30. The van der Waals surface area contributed by atoms with Crippen LogP contribution in [0, 0.1) is 12.7 Å². The Bertz CT molecular complexity index is 596. The molecule has 2 aromatic rings. The molecule has 1 aliphatic carbocycles. The smallest absolute Gasteiger partial charge is 0.225 e. The minimum absolute atomic E-state index is 0.174. The van der Waals surface area contributed by atoms with E-state index >= 15 is 0 Å². The molecule has 1 saturated carbocycles. The first-order valence-corrected chi connectivity index (χ1v) is 7.03. The maximum Gasteiger partial charge on any atom is 0.225 e. The third-order valence-corrected chi connectivity index (χ3v) is 3.56. The van der Waals surface area contributed by atoms with Gasteiger partial charge in [0.15, 0.2) is 0 Å². The van der Waals surface area contributed by atoms with Crippen LogP contribution in [0.1, 0.15) is 24.1 Å². The van der Waals surface area contributed by atoms with Gasteiger partial charge >= 0.3 is 0 Å². The van der Waals surface area contributed by atoms with Gasteiger partial charge in [0, 0.05) is 24.5 Å². The first kappa shape index (κ1) is 13.0. The summed E-state index contributed by atoms with van der Waals surface area (Å²) in [5.74, 6) is 0.621. The molecule has 0 saturated heterocycles. The van der Waals surface area contributed by atoms with Crippen LogP contribution >= 0.6 is 0 Å². The summed E-state index contributed by atoms with van der Waals surface area (Å²) in [6, 6.07) is 9.25. The van der Waals surface area contributed by atoms with Gasteiger partial charge in [0.1, 0.15) is 5.82 Å². The summed E-state index contributed by atoms with van der Waals surface area (Å²) in [7, 11) is 0. The normalized spacial score (nSPS) is 14.3. The third kappa shape index (κ3) is 3.13. The molecule has 104 valence electrons. The van der Waals surface area contributed by atoms with Gasteiger partial charge in [-0.2, -0.15) is 0 Å². The number of nitrogens with zero attached hydrogens (tertiary/aromatic N) is 3. The molecular weight excluding hydrogens is 253 g/mol. The molecule has 0 N–H and O–H groups in total. The fourth-order valence-corrected chi connectivity index (χ4v) is 2.35. The fourth-order valence-electron chi connectivity index (χ4n) is 2.35. The molecule has 1 heterocycles. The molecule has 4 heteroatoms. The Kier molecular flexibility index (Phi) is 3.63. The largest absolute Gasteiger partial charge is 0.338 e. The summed E-state index contributed by atoms with van der Waals surface area (Å²) in [4.78, 5) is 11.1. The molecule has 1 aromatic carbocycles. The van der Waals surface area contributed by atoms with E-state index in [1.54, 1.807) is 18.3 Å². The van der Waals surface area contributed by atoms with Gasteiger partial charge in [-0.15, -0.1) is 0 Å². The second kappa shape index (κ2) is 5.57. The standard InChI is InChI=1S/C16H18FN3/c1-12-7-9-18-16(19-12)20(15-5-6-15)10-8-13-3-2-4-14(17)11-13/h2-4,7,9,11,15H,5-6,8,10H2,1H3. The average molecular weight is 271 g/mol. The zero-order valence-corrected chi connectivity index (χ0v) is 11.6. The molecule has 0 radical (unpaired) electrons. The Morgan fingerprint density at radius 1 is 1.30 bits per heavy atom. The Hall–Kier alpha value is -1.97. The van der Waals surface area contributed by atoms with Gasteiger partial charge < -0.3 is 4.90 Å². The van der Waals surface area contributed by atoms with Crippen molar-refractivity contribution in [1.82, 2.24) is 9.97 Å². The molecule has 0 spiro atoms. The van der Waals surface area contributed by atoms with Crippen LogP contribution in [0.4, 0.5) is 10.3 Å². The van der Waals surface area contributed by atoms with Crippen LogP contribution in [0.5, 0.6) is 0 Å². The minimum atomic E-state index is -0.174. The number of aromatic nitrogens is 2. The van der Waals surface area contributed by atoms with Gasteiger partial charge in [0.25, 0.3) is 0 Å². The van der Waals surface area contributed by atoms with Crippen LogP contribution in [-0.4, -0.2) is 22.6 Å². The van der Waals surface area contributed by atoms with Crippen molar-refractivity contribution in [2.24, 2.45) is 0 Å². The Morgan fingerprint density at radius 3 is 2.85 bits per heavy atom. The summed E-state index contributed by atoms with van der Waals surface area (Å²) in [5.41, 5.74) is 2.00. The third-order valence-electron chi connectivity index (χ3n) is 3.56. The topological polar surface area (TPSA) is 29.0 Å². The maximum atomic E-state index is 13.2. The summed E-state index contributed by atoms with van der Waals surface area (Å²) < 4.78 is 13.2. The zero-order chi connectivity index (χ0) is 13.9. The fraction of sp³-hybridized carbons (Fsp3) is 0.375. The second-order valence-corrected chi connectivity index (χ2v) is 5.30. The van der Waals surface area contributed by atoms with Crippen molar-refractivity contribution in [1.29, 1.82) is 0 Å². The number of anilines is 1. The summed E-state index contributed by atoms with van der Waals surface area (Å²) >= 11 is 0. The van der Waals surface area contributed by atoms with E-state index in [2.05, 4.69) is 14.9 Å². The second-order valence-electron chi connectivity index (χ2n) is 5.30.